The van der Waals surface area contributed by atoms with Gasteiger partial charge in [-0.25, -0.2) is 0 Å². The summed E-state index contributed by atoms with van der Waals surface area (Å²) in [6.45, 7) is 2.78. The first-order chi connectivity index (χ1) is 10.1. The molecule has 0 bridgehead atoms. The van der Waals surface area contributed by atoms with E-state index in [4.69, 9.17) is 9.84 Å². The molecule has 21 heavy (non-hydrogen) atoms. The predicted octanol–water partition coefficient (Wildman–Crippen LogP) is 2.17. The second-order valence-corrected chi connectivity index (χ2v) is 5.29. The van der Waals surface area contributed by atoms with Gasteiger partial charge in [-0.2, -0.15) is 0 Å². The highest BCUT2D eigenvalue weighted by molar-refractivity contribution is 5.82. The molecule has 0 radical (unpaired) electrons. The highest BCUT2D eigenvalue weighted by Crippen LogP contribution is 2.20. The van der Waals surface area contributed by atoms with E-state index >= 15 is 0 Å². The molecule has 1 aromatic carbocycles. The van der Waals surface area contributed by atoms with Crippen molar-refractivity contribution in [1.82, 2.24) is 4.90 Å². The maximum Gasteiger partial charge on any atom is 0.308 e. The maximum atomic E-state index is 12.5. The van der Waals surface area contributed by atoms with Gasteiger partial charge in [0.25, 0.3) is 5.91 Å². The number of nitrogens with zero attached hydrogens (tertiary/aromatic N) is 1. The van der Waals surface area contributed by atoms with Crippen LogP contribution in [0.3, 0.4) is 0 Å². The van der Waals surface area contributed by atoms with Crippen LogP contribution in [-0.4, -0.2) is 41.1 Å². The summed E-state index contributed by atoms with van der Waals surface area (Å²) in [7, 11) is 0. The zero-order valence-corrected chi connectivity index (χ0v) is 12.2. The van der Waals surface area contributed by atoms with Crippen LogP contribution in [0.1, 0.15) is 26.2 Å². The molecule has 0 aromatic heterocycles. The lowest BCUT2D eigenvalue weighted by molar-refractivity contribution is -0.148. The summed E-state index contributed by atoms with van der Waals surface area (Å²) < 4.78 is 5.74. The fraction of sp³-hybridized carbons (Fsp3) is 0.500. The minimum atomic E-state index is -0.829. The predicted molar refractivity (Wildman–Crippen MR) is 78.1 cm³/mol. The van der Waals surface area contributed by atoms with E-state index in [0.29, 0.717) is 25.1 Å². The van der Waals surface area contributed by atoms with Crippen molar-refractivity contribution in [3.8, 4) is 5.75 Å². The van der Waals surface area contributed by atoms with Gasteiger partial charge in [0.05, 0.1) is 5.92 Å². The number of carboxylic acid groups (broad SMARTS) is 1. The van der Waals surface area contributed by atoms with Gasteiger partial charge in [-0.3, -0.25) is 9.59 Å². The largest absolute Gasteiger partial charge is 0.481 e. The zero-order valence-electron chi connectivity index (χ0n) is 12.2. The van der Waals surface area contributed by atoms with Gasteiger partial charge in [0.1, 0.15) is 5.75 Å². The number of piperidine rings is 1. The summed E-state index contributed by atoms with van der Waals surface area (Å²) in [5.41, 5.74) is 0. The number of carbonyl (C=O) groups is 2. The third kappa shape index (κ3) is 3.97. The summed E-state index contributed by atoms with van der Waals surface area (Å²) in [6, 6.07) is 9.22. The molecule has 1 heterocycles. The molecule has 1 fully saturated rings. The average Bonchev–Trinajstić information content (AvgIpc) is 2.53. The van der Waals surface area contributed by atoms with Crippen molar-refractivity contribution >= 4 is 11.9 Å². The first-order valence-corrected chi connectivity index (χ1v) is 7.35. The van der Waals surface area contributed by atoms with Crippen molar-refractivity contribution in [2.45, 2.75) is 32.3 Å². The van der Waals surface area contributed by atoms with Crippen molar-refractivity contribution in [2.24, 2.45) is 5.92 Å². The number of hydrogen-bond acceptors (Lipinski definition) is 3. The molecule has 1 aliphatic heterocycles. The van der Waals surface area contributed by atoms with Crippen LogP contribution in [0.5, 0.6) is 5.75 Å². The van der Waals surface area contributed by atoms with Crippen LogP contribution in [0.2, 0.25) is 0 Å². The standard InChI is InChI=1S/C16H21NO4/c1-2-14(21-13-8-4-3-5-9-13)15(18)17-10-6-7-12(11-17)16(19)20/h3-5,8-9,12,14H,2,6-7,10-11H2,1H3,(H,19,20)/t12-,14?/m0/s1. The van der Waals surface area contributed by atoms with Crippen molar-refractivity contribution in [3.63, 3.8) is 0 Å². The summed E-state index contributed by atoms with van der Waals surface area (Å²) in [5, 5.41) is 9.10. The second kappa shape index (κ2) is 7.11. The second-order valence-electron chi connectivity index (χ2n) is 5.29. The van der Waals surface area contributed by atoms with E-state index in [2.05, 4.69) is 0 Å². The maximum absolute atomic E-state index is 12.5. The van der Waals surface area contributed by atoms with E-state index in [1.165, 1.54) is 0 Å². The van der Waals surface area contributed by atoms with Gasteiger partial charge in [0.2, 0.25) is 0 Å². The number of hydrogen-bond donors (Lipinski definition) is 1. The van der Waals surface area contributed by atoms with E-state index in [0.717, 1.165) is 6.42 Å². The first kappa shape index (κ1) is 15.4. The molecule has 1 amide bonds. The number of amides is 1. The molecule has 2 atom stereocenters. The molecule has 1 aromatic rings. The SMILES string of the molecule is CCC(Oc1ccccc1)C(=O)N1CCC[C@H](C(=O)O)C1. The molecule has 114 valence electrons. The van der Waals surface area contributed by atoms with Gasteiger partial charge in [-0.15, -0.1) is 0 Å². The van der Waals surface area contributed by atoms with E-state index in [-0.39, 0.29) is 12.5 Å². The number of benzene rings is 1. The van der Waals surface area contributed by atoms with E-state index in [1.807, 2.05) is 37.3 Å². The fourth-order valence-corrected chi connectivity index (χ4v) is 2.55. The molecule has 2 rings (SSSR count). The zero-order chi connectivity index (χ0) is 15.2. The normalized spacial score (nSPS) is 19.9. The Morgan fingerprint density at radius 3 is 2.71 bits per heavy atom. The molecule has 5 heteroatoms. The Bertz CT molecular complexity index is 488. The van der Waals surface area contributed by atoms with Crippen molar-refractivity contribution < 1.29 is 19.4 Å². The third-order valence-corrected chi connectivity index (χ3v) is 3.75. The van der Waals surface area contributed by atoms with Gasteiger partial charge >= 0.3 is 5.97 Å². The number of carboxylic acids is 1. The fourth-order valence-electron chi connectivity index (χ4n) is 2.55. The third-order valence-electron chi connectivity index (χ3n) is 3.75. The average molecular weight is 291 g/mol. The molecule has 1 aliphatic rings. The number of likely N-dealkylation sites (tertiary alicyclic amines) is 1. The summed E-state index contributed by atoms with van der Waals surface area (Å²) in [4.78, 5) is 25.2. The van der Waals surface area contributed by atoms with Crippen LogP contribution in [0.4, 0.5) is 0 Å². The Balaban J connectivity index is 2.00. The van der Waals surface area contributed by atoms with Crippen LogP contribution < -0.4 is 4.74 Å². The lowest BCUT2D eigenvalue weighted by Crippen LogP contribution is -2.48. The summed E-state index contributed by atoms with van der Waals surface area (Å²) in [6.07, 6.45) is 1.36. The first-order valence-electron chi connectivity index (χ1n) is 7.35. The van der Waals surface area contributed by atoms with E-state index in [1.54, 1.807) is 4.90 Å². The Kier molecular flexibility index (Phi) is 5.20. The number of aliphatic carboxylic acids is 1. The lowest BCUT2D eigenvalue weighted by Gasteiger charge is -2.33. The molecule has 1 N–H and O–H groups in total. The topological polar surface area (TPSA) is 66.8 Å². The van der Waals surface area contributed by atoms with E-state index < -0.39 is 18.0 Å². The molecule has 1 unspecified atom stereocenters. The highest BCUT2D eigenvalue weighted by Gasteiger charge is 2.31. The van der Waals surface area contributed by atoms with Crippen molar-refractivity contribution in [2.75, 3.05) is 13.1 Å². The van der Waals surface area contributed by atoms with Gasteiger partial charge in [-0.1, -0.05) is 25.1 Å². The highest BCUT2D eigenvalue weighted by atomic mass is 16.5. The van der Waals surface area contributed by atoms with Gasteiger partial charge in [0.15, 0.2) is 6.10 Å². The molecule has 5 nitrogen and oxygen atoms in total. The smallest absolute Gasteiger partial charge is 0.308 e. The molecular weight excluding hydrogens is 270 g/mol. The number of carbonyl (C=O) groups excluding carboxylic acids is 1. The molecule has 0 aliphatic carbocycles. The van der Waals surface area contributed by atoms with Crippen LogP contribution in [0, 0.1) is 5.92 Å². The Morgan fingerprint density at radius 1 is 1.38 bits per heavy atom. The Morgan fingerprint density at radius 2 is 2.10 bits per heavy atom. The summed E-state index contributed by atoms with van der Waals surface area (Å²) >= 11 is 0. The lowest BCUT2D eigenvalue weighted by atomic mass is 9.97. The molecule has 0 spiro atoms. The Labute approximate surface area is 124 Å². The summed E-state index contributed by atoms with van der Waals surface area (Å²) in [5.74, 6) is -0.752. The minimum absolute atomic E-state index is 0.118. The molecular formula is C16H21NO4. The number of rotatable bonds is 5. The quantitative estimate of drug-likeness (QED) is 0.903. The Hall–Kier alpha value is -2.04. The van der Waals surface area contributed by atoms with Gasteiger partial charge in [0, 0.05) is 13.1 Å². The van der Waals surface area contributed by atoms with Crippen LogP contribution >= 0.6 is 0 Å². The van der Waals surface area contributed by atoms with E-state index in [9.17, 15) is 9.59 Å². The van der Waals surface area contributed by atoms with Gasteiger partial charge in [-0.05, 0) is 31.4 Å². The number of ether oxygens (including phenoxy) is 1. The van der Waals surface area contributed by atoms with Crippen LogP contribution in [-0.2, 0) is 9.59 Å². The molecule has 1 saturated heterocycles. The number of para-hydroxylation sites is 1. The molecule has 0 saturated carbocycles. The van der Waals surface area contributed by atoms with Crippen LogP contribution in [0.25, 0.3) is 0 Å². The van der Waals surface area contributed by atoms with Crippen molar-refractivity contribution in [1.29, 1.82) is 0 Å². The van der Waals surface area contributed by atoms with Crippen LogP contribution in [0.15, 0.2) is 30.3 Å². The minimum Gasteiger partial charge on any atom is -0.481 e. The van der Waals surface area contributed by atoms with Crippen molar-refractivity contribution in [3.05, 3.63) is 30.3 Å². The monoisotopic (exact) mass is 291 g/mol. The van der Waals surface area contributed by atoms with Gasteiger partial charge < -0.3 is 14.7 Å².